The predicted molar refractivity (Wildman–Crippen MR) is 120 cm³/mol. The van der Waals surface area contributed by atoms with Crippen LogP contribution in [0.1, 0.15) is 30.0 Å². The van der Waals surface area contributed by atoms with E-state index >= 15 is 0 Å². The largest absolute Gasteiger partial charge is 0.301 e. The van der Waals surface area contributed by atoms with Crippen molar-refractivity contribution < 1.29 is 4.79 Å². The third-order valence-corrected chi connectivity index (χ3v) is 6.77. The number of fused-ring (bicyclic) bond motifs is 1. The lowest BCUT2D eigenvalue weighted by molar-refractivity contribution is -0.113. The maximum Gasteiger partial charge on any atom is 0.236 e. The number of aryl methyl sites for hydroxylation is 2. The molecule has 7 nitrogen and oxygen atoms in total. The van der Waals surface area contributed by atoms with Gasteiger partial charge in [0.2, 0.25) is 5.91 Å². The minimum Gasteiger partial charge on any atom is -0.301 e. The van der Waals surface area contributed by atoms with E-state index in [-0.39, 0.29) is 11.7 Å². The van der Waals surface area contributed by atoms with E-state index in [0.29, 0.717) is 11.2 Å². The summed E-state index contributed by atoms with van der Waals surface area (Å²) < 4.78 is 3.23. The molecule has 1 aliphatic carbocycles. The maximum absolute atomic E-state index is 12.6. The van der Waals surface area contributed by atoms with Crippen molar-refractivity contribution in [3.8, 4) is 11.4 Å². The fourth-order valence-electron chi connectivity index (χ4n) is 3.44. The Morgan fingerprint density at radius 1 is 1.30 bits per heavy atom. The molecule has 30 heavy (non-hydrogen) atoms. The number of carbonyl (C=O) groups excluding carboxylic acids is 1. The molecule has 1 aromatic carbocycles. The Bertz CT molecular complexity index is 1230. The molecule has 0 unspecified atom stereocenters. The first kappa shape index (κ1) is 19.2. The minimum absolute atomic E-state index is 0.0956. The first-order valence-corrected chi connectivity index (χ1v) is 11.5. The zero-order valence-corrected chi connectivity index (χ0v) is 18.3. The predicted octanol–water partition coefficient (Wildman–Crippen LogP) is 4.63. The van der Waals surface area contributed by atoms with E-state index in [2.05, 4.69) is 49.1 Å². The molecule has 0 aliphatic heterocycles. The number of rotatable bonds is 6. The molecule has 0 spiro atoms. The van der Waals surface area contributed by atoms with E-state index in [1.54, 1.807) is 12.4 Å². The van der Waals surface area contributed by atoms with Gasteiger partial charge in [-0.2, -0.15) is 0 Å². The molecule has 0 atom stereocenters. The van der Waals surface area contributed by atoms with Crippen molar-refractivity contribution in [2.75, 3.05) is 11.1 Å². The Kier molecular flexibility index (Phi) is 5.00. The van der Waals surface area contributed by atoms with Crippen LogP contribution in [-0.2, 0) is 4.79 Å². The number of amides is 1. The lowest BCUT2D eigenvalue weighted by atomic mass is 10.1. The summed E-state index contributed by atoms with van der Waals surface area (Å²) in [5, 5.41) is 13.0. The Hall–Kier alpha value is -2.78. The van der Waals surface area contributed by atoms with Gasteiger partial charge >= 0.3 is 0 Å². The quantitative estimate of drug-likeness (QED) is 0.444. The molecule has 0 radical (unpaired) electrons. The third-order valence-electron chi connectivity index (χ3n) is 4.90. The van der Waals surface area contributed by atoms with Gasteiger partial charge in [0.1, 0.15) is 0 Å². The summed E-state index contributed by atoms with van der Waals surface area (Å²) in [7, 11) is 0. The molecule has 152 valence electrons. The molecule has 9 heteroatoms. The standard InChI is InChI=1S/C21H20N6OS2/c1-12-8-13(2)18-16(9-12)30-20(24-18)23-17(28)11-29-21-26-25-19(27(21)15-5-6-15)14-4-3-7-22-10-14/h3-4,7-10,15H,5-6,11H2,1-2H3,(H,23,24,28). The molecule has 1 N–H and O–H groups in total. The molecule has 1 aliphatic rings. The maximum atomic E-state index is 12.6. The second kappa shape index (κ2) is 7.81. The Morgan fingerprint density at radius 2 is 2.17 bits per heavy atom. The van der Waals surface area contributed by atoms with Gasteiger partial charge in [-0.15, -0.1) is 10.2 Å². The number of aromatic nitrogens is 5. The van der Waals surface area contributed by atoms with Gasteiger partial charge in [-0.05, 0) is 56.0 Å². The van der Waals surface area contributed by atoms with Gasteiger partial charge in [-0.1, -0.05) is 29.2 Å². The molecule has 4 aromatic rings. The van der Waals surface area contributed by atoms with E-state index in [1.165, 1.54) is 28.7 Å². The SMILES string of the molecule is Cc1cc(C)c2nc(NC(=O)CSc3nnc(-c4cccnc4)n3C3CC3)sc2c1. The smallest absolute Gasteiger partial charge is 0.236 e. The van der Waals surface area contributed by atoms with Crippen LogP contribution in [0, 0.1) is 13.8 Å². The summed E-state index contributed by atoms with van der Waals surface area (Å²) in [6.45, 7) is 4.11. The molecule has 0 bridgehead atoms. The Balaban J connectivity index is 1.30. The summed E-state index contributed by atoms with van der Waals surface area (Å²) in [4.78, 5) is 21.3. The fraction of sp³-hybridized carbons (Fsp3) is 0.286. The second-order valence-electron chi connectivity index (χ2n) is 7.43. The van der Waals surface area contributed by atoms with Gasteiger partial charge in [-0.25, -0.2) is 4.98 Å². The lowest BCUT2D eigenvalue weighted by Crippen LogP contribution is -2.14. The van der Waals surface area contributed by atoms with Crippen molar-refractivity contribution in [3.63, 3.8) is 0 Å². The number of carbonyl (C=O) groups is 1. The third kappa shape index (κ3) is 3.82. The fourth-order valence-corrected chi connectivity index (χ4v) is 5.30. The van der Waals surface area contributed by atoms with E-state index in [0.717, 1.165) is 45.2 Å². The molecule has 0 saturated heterocycles. The van der Waals surface area contributed by atoms with E-state index in [4.69, 9.17) is 0 Å². The first-order chi connectivity index (χ1) is 14.6. The number of pyridine rings is 1. The molecule has 3 aromatic heterocycles. The van der Waals surface area contributed by atoms with Crippen molar-refractivity contribution in [1.82, 2.24) is 24.7 Å². The van der Waals surface area contributed by atoms with Crippen molar-refractivity contribution >= 4 is 44.4 Å². The number of hydrogen-bond donors (Lipinski definition) is 1. The van der Waals surface area contributed by atoms with Gasteiger partial charge in [0.25, 0.3) is 0 Å². The van der Waals surface area contributed by atoms with Crippen LogP contribution in [0.3, 0.4) is 0 Å². The zero-order chi connectivity index (χ0) is 20.7. The summed E-state index contributed by atoms with van der Waals surface area (Å²) >= 11 is 2.91. The molecule has 1 saturated carbocycles. The van der Waals surface area contributed by atoms with Crippen LogP contribution in [0.2, 0.25) is 0 Å². The van der Waals surface area contributed by atoms with Crippen LogP contribution < -0.4 is 5.32 Å². The number of anilines is 1. The Morgan fingerprint density at radius 3 is 2.93 bits per heavy atom. The number of benzene rings is 1. The summed E-state index contributed by atoms with van der Waals surface area (Å²) in [5.74, 6) is 0.971. The zero-order valence-electron chi connectivity index (χ0n) is 16.6. The highest BCUT2D eigenvalue weighted by molar-refractivity contribution is 7.99. The lowest BCUT2D eigenvalue weighted by Gasteiger charge is -2.08. The van der Waals surface area contributed by atoms with E-state index in [1.807, 2.05) is 19.1 Å². The van der Waals surface area contributed by atoms with E-state index < -0.39 is 0 Å². The number of thioether (sulfide) groups is 1. The summed E-state index contributed by atoms with van der Waals surface area (Å²) in [6.07, 6.45) is 5.75. The van der Waals surface area contributed by atoms with Gasteiger partial charge in [-0.3, -0.25) is 14.3 Å². The molecule has 1 amide bonds. The number of nitrogens with one attached hydrogen (secondary N) is 1. The Labute approximate surface area is 182 Å². The molecular weight excluding hydrogens is 416 g/mol. The van der Waals surface area contributed by atoms with Crippen molar-refractivity contribution in [3.05, 3.63) is 47.8 Å². The van der Waals surface area contributed by atoms with E-state index in [9.17, 15) is 4.79 Å². The van der Waals surface area contributed by atoms with Crippen LogP contribution in [0.4, 0.5) is 5.13 Å². The number of thiazole rings is 1. The normalized spacial score (nSPS) is 13.7. The van der Waals surface area contributed by atoms with Crippen LogP contribution in [-0.4, -0.2) is 36.4 Å². The summed E-state index contributed by atoms with van der Waals surface area (Å²) in [6, 6.07) is 8.48. The van der Waals surface area contributed by atoms with Crippen molar-refractivity contribution in [1.29, 1.82) is 0 Å². The molecular formula is C21H20N6OS2. The van der Waals surface area contributed by atoms with Crippen molar-refractivity contribution in [2.24, 2.45) is 0 Å². The first-order valence-electron chi connectivity index (χ1n) is 9.74. The number of hydrogen-bond acceptors (Lipinski definition) is 7. The van der Waals surface area contributed by atoms with Crippen LogP contribution in [0.25, 0.3) is 21.6 Å². The average Bonchev–Trinajstić information content (AvgIpc) is 3.35. The van der Waals surface area contributed by atoms with Gasteiger partial charge < -0.3 is 5.32 Å². The van der Waals surface area contributed by atoms with Gasteiger partial charge in [0.15, 0.2) is 16.1 Å². The molecule has 3 heterocycles. The molecule has 1 fully saturated rings. The van der Waals surface area contributed by atoms with Gasteiger partial charge in [0.05, 0.1) is 16.0 Å². The van der Waals surface area contributed by atoms with Gasteiger partial charge in [0, 0.05) is 24.0 Å². The molecule has 5 rings (SSSR count). The average molecular weight is 437 g/mol. The van der Waals surface area contributed by atoms with Crippen LogP contribution in [0.15, 0.2) is 41.8 Å². The highest BCUT2D eigenvalue weighted by Gasteiger charge is 2.30. The highest BCUT2D eigenvalue weighted by Crippen LogP contribution is 2.41. The second-order valence-corrected chi connectivity index (χ2v) is 9.41. The monoisotopic (exact) mass is 436 g/mol. The van der Waals surface area contributed by atoms with Crippen LogP contribution >= 0.6 is 23.1 Å². The summed E-state index contributed by atoms with van der Waals surface area (Å²) in [5.41, 5.74) is 4.20. The minimum atomic E-state index is -0.0956. The number of nitrogens with zero attached hydrogens (tertiary/aromatic N) is 5. The van der Waals surface area contributed by atoms with Crippen molar-refractivity contribution in [2.45, 2.75) is 37.9 Å². The highest BCUT2D eigenvalue weighted by atomic mass is 32.2. The van der Waals surface area contributed by atoms with Crippen LogP contribution in [0.5, 0.6) is 0 Å². The topological polar surface area (TPSA) is 85.6 Å².